The summed E-state index contributed by atoms with van der Waals surface area (Å²) in [5.74, 6) is -0.556. The summed E-state index contributed by atoms with van der Waals surface area (Å²) in [6, 6.07) is 16.8. The zero-order valence-electron chi connectivity index (χ0n) is 17.0. The van der Waals surface area contributed by atoms with Crippen LogP contribution in [-0.4, -0.2) is 32.8 Å². The second kappa shape index (κ2) is 8.40. The molecule has 3 heterocycles. The van der Waals surface area contributed by atoms with Gasteiger partial charge in [-0.05, 0) is 74.5 Å². The molecule has 5 rings (SSSR count). The molecule has 0 amide bonds. The van der Waals surface area contributed by atoms with Gasteiger partial charge < -0.3 is 0 Å². The average molecular weight is 416 g/mol. The van der Waals surface area contributed by atoms with Crippen molar-refractivity contribution in [1.82, 2.24) is 19.7 Å². The predicted octanol–water partition coefficient (Wildman–Crippen LogP) is 5.48. The fourth-order valence-electron chi connectivity index (χ4n) is 4.12. The van der Waals surface area contributed by atoms with Crippen LogP contribution in [0.4, 0.5) is 8.78 Å². The predicted molar refractivity (Wildman–Crippen MR) is 117 cm³/mol. The van der Waals surface area contributed by atoms with Gasteiger partial charge in [-0.1, -0.05) is 12.1 Å². The van der Waals surface area contributed by atoms with Crippen LogP contribution in [-0.2, 0) is 6.54 Å². The Kier molecular flexibility index (Phi) is 5.30. The first-order valence-electron chi connectivity index (χ1n) is 10.5. The van der Waals surface area contributed by atoms with Crippen LogP contribution < -0.4 is 0 Å². The van der Waals surface area contributed by atoms with Gasteiger partial charge in [-0.15, -0.1) is 0 Å². The number of rotatable bonds is 5. The maximum atomic E-state index is 14.8. The Morgan fingerprint density at radius 1 is 0.839 bits per heavy atom. The molecule has 1 saturated heterocycles. The molecule has 31 heavy (non-hydrogen) atoms. The highest BCUT2D eigenvalue weighted by molar-refractivity contribution is 5.67. The van der Waals surface area contributed by atoms with Crippen LogP contribution in [0, 0.1) is 11.6 Å². The van der Waals surface area contributed by atoms with Crippen LogP contribution >= 0.6 is 0 Å². The molecule has 1 aliphatic rings. The topological polar surface area (TPSA) is 34.0 Å². The summed E-state index contributed by atoms with van der Waals surface area (Å²) in [5.41, 5.74) is 4.59. The smallest absolute Gasteiger partial charge is 0.132 e. The van der Waals surface area contributed by atoms with Crippen molar-refractivity contribution in [3.63, 3.8) is 0 Å². The lowest BCUT2D eigenvalue weighted by Gasteiger charge is -2.16. The zero-order chi connectivity index (χ0) is 21.2. The summed E-state index contributed by atoms with van der Waals surface area (Å²) < 4.78 is 29.7. The minimum Gasteiger partial charge on any atom is -0.299 e. The highest BCUT2D eigenvalue weighted by Crippen LogP contribution is 2.30. The number of aromatic nitrogens is 3. The van der Waals surface area contributed by atoms with Crippen molar-refractivity contribution in [1.29, 1.82) is 0 Å². The molecule has 2 aromatic carbocycles. The second-order valence-electron chi connectivity index (χ2n) is 7.80. The summed E-state index contributed by atoms with van der Waals surface area (Å²) in [6.45, 7) is 2.84. The van der Waals surface area contributed by atoms with Crippen LogP contribution in [0.5, 0.6) is 0 Å². The number of likely N-dealkylation sites (tertiary alicyclic amines) is 1. The molecule has 0 saturated carbocycles. The number of benzene rings is 2. The van der Waals surface area contributed by atoms with Crippen LogP contribution in [0.15, 0.2) is 73.1 Å². The quantitative estimate of drug-likeness (QED) is 0.432. The molecule has 156 valence electrons. The van der Waals surface area contributed by atoms with E-state index < -0.39 is 0 Å². The third-order valence-corrected chi connectivity index (χ3v) is 5.70. The van der Waals surface area contributed by atoms with Gasteiger partial charge in [-0.2, -0.15) is 5.10 Å². The van der Waals surface area contributed by atoms with Gasteiger partial charge in [0.2, 0.25) is 0 Å². The summed E-state index contributed by atoms with van der Waals surface area (Å²) in [6.07, 6.45) is 5.93. The first-order chi connectivity index (χ1) is 15.2. The van der Waals surface area contributed by atoms with E-state index >= 15 is 0 Å². The molecule has 1 fully saturated rings. The van der Waals surface area contributed by atoms with Crippen LogP contribution in [0.25, 0.3) is 28.2 Å². The molecule has 0 spiro atoms. The summed E-state index contributed by atoms with van der Waals surface area (Å²) in [5, 5.41) is 4.59. The average Bonchev–Trinajstić information content (AvgIpc) is 3.45. The fraction of sp³-hybridized carbons (Fsp3) is 0.200. The monoisotopic (exact) mass is 416 g/mol. The number of nitrogens with zero attached hydrogens (tertiary/aromatic N) is 4. The Hall–Kier alpha value is -3.38. The molecule has 2 aromatic heterocycles. The highest BCUT2D eigenvalue weighted by Gasteiger charge is 2.21. The number of hydrogen-bond donors (Lipinski definition) is 0. The third kappa shape index (κ3) is 3.99. The maximum absolute atomic E-state index is 14.8. The molecule has 4 aromatic rings. The molecule has 1 aliphatic heterocycles. The summed E-state index contributed by atoms with van der Waals surface area (Å²) in [4.78, 5) is 6.91. The largest absolute Gasteiger partial charge is 0.299 e. The molecule has 6 heteroatoms. The van der Waals surface area contributed by atoms with Gasteiger partial charge in [0.1, 0.15) is 11.6 Å². The van der Waals surface area contributed by atoms with Crippen molar-refractivity contribution in [3.8, 4) is 28.2 Å². The maximum Gasteiger partial charge on any atom is 0.132 e. The first kappa shape index (κ1) is 19.6. The Balaban J connectivity index is 1.54. The van der Waals surface area contributed by atoms with E-state index in [1.54, 1.807) is 35.1 Å². The lowest BCUT2D eigenvalue weighted by Crippen LogP contribution is -2.18. The van der Waals surface area contributed by atoms with Gasteiger partial charge in [0.15, 0.2) is 0 Å². The van der Waals surface area contributed by atoms with Crippen molar-refractivity contribution >= 4 is 0 Å². The number of halogens is 2. The van der Waals surface area contributed by atoms with Crippen molar-refractivity contribution in [2.75, 3.05) is 13.1 Å². The summed E-state index contributed by atoms with van der Waals surface area (Å²) >= 11 is 0. The second-order valence-corrected chi connectivity index (χ2v) is 7.80. The Morgan fingerprint density at radius 2 is 1.61 bits per heavy atom. The van der Waals surface area contributed by atoms with E-state index in [-0.39, 0.29) is 11.6 Å². The lowest BCUT2D eigenvalue weighted by atomic mass is 10.1. The van der Waals surface area contributed by atoms with E-state index in [1.807, 2.05) is 24.4 Å². The van der Waals surface area contributed by atoms with Crippen molar-refractivity contribution < 1.29 is 8.78 Å². The molecular formula is C25H22F2N4. The van der Waals surface area contributed by atoms with Crippen LogP contribution in [0.1, 0.15) is 18.4 Å². The molecule has 0 bridgehead atoms. The minimum atomic E-state index is -0.281. The van der Waals surface area contributed by atoms with Crippen molar-refractivity contribution in [2.24, 2.45) is 0 Å². The van der Waals surface area contributed by atoms with E-state index in [2.05, 4.69) is 15.0 Å². The van der Waals surface area contributed by atoms with E-state index in [4.69, 9.17) is 0 Å². The summed E-state index contributed by atoms with van der Waals surface area (Å²) in [7, 11) is 0. The lowest BCUT2D eigenvalue weighted by molar-refractivity contribution is 0.332. The molecule has 0 aliphatic carbocycles. The van der Waals surface area contributed by atoms with Crippen molar-refractivity contribution in [3.05, 3.63) is 90.3 Å². The molecule has 0 radical (unpaired) electrons. The van der Waals surface area contributed by atoms with Crippen LogP contribution in [0.3, 0.4) is 0 Å². The van der Waals surface area contributed by atoms with Gasteiger partial charge >= 0.3 is 0 Å². The Labute approximate surface area is 179 Å². The standard InChI is InChI=1S/C25H22F2N4/c26-20-9-7-18(8-10-20)24-12-11-21(16-28-24)31-25(22-5-1-2-6-23(22)27)19(15-29-31)17-30-13-3-4-14-30/h1-2,5-12,15-16H,3-4,13-14,17H2. The number of pyridine rings is 1. The first-order valence-corrected chi connectivity index (χ1v) is 10.5. The minimum absolute atomic E-state index is 0.275. The fourth-order valence-corrected chi connectivity index (χ4v) is 4.12. The normalized spacial score (nSPS) is 14.3. The Bertz CT molecular complexity index is 1180. The molecular weight excluding hydrogens is 394 g/mol. The van der Waals surface area contributed by atoms with E-state index in [1.165, 1.54) is 31.0 Å². The van der Waals surface area contributed by atoms with Gasteiger partial charge in [-0.25, -0.2) is 13.5 Å². The third-order valence-electron chi connectivity index (χ3n) is 5.70. The van der Waals surface area contributed by atoms with Gasteiger partial charge in [0, 0.05) is 23.2 Å². The van der Waals surface area contributed by atoms with E-state index in [0.29, 0.717) is 5.56 Å². The molecule has 0 unspecified atom stereocenters. The van der Waals surface area contributed by atoms with E-state index in [9.17, 15) is 8.78 Å². The van der Waals surface area contributed by atoms with Gasteiger partial charge in [0.25, 0.3) is 0 Å². The van der Waals surface area contributed by atoms with Crippen molar-refractivity contribution in [2.45, 2.75) is 19.4 Å². The Morgan fingerprint density at radius 3 is 2.32 bits per heavy atom. The van der Waals surface area contributed by atoms with Gasteiger partial charge in [0.05, 0.1) is 29.5 Å². The molecule has 4 nitrogen and oxygen atoms in total. The van der Waals surface area contributed by atoms with Gasteiger partial charge in [-0.3, -0.25) is 9.88 Å². The zero-order valence-corrected chi connectivity index (χ0v) is 17.0. The SMILES string of the molecule is Fc1ccc(-c2ccc(-n3ncc(CN4CCCC4)c3-c3ccccc3F)cn2)cc1. The molecule has 0 N–H and O–H groups in total. The molecule has 0 atom stereocenters. The van der Waals surface area contributed by atoms with Crippen LogP contribution in [0.2, 0.25) is 0 Å². The van der Waals surface area contributed by atoms with E-state index in [0.717, 1.165) is 47.8 Å². The number of hydrogen-bond acceptors (Lipinski definition) is 3. The highest BCUT2D eigenvalue weighted by atomic mass is 19.1.